The summed E-state index contributed by atoms with van der Waals surface area (Å²) in [6.45, 7) is 5.28. The van der Waals surface area contributed by atoms with Crippen molar-refractivity contribution in [3.05, 3.63) is 0 Å². The molecule has 93 valence electrons. The minimum atomic E-state index is -0.638. The zero-order valence-corrected chi connectivity index (χ0v) is 13.2. The summed E-state index contributed by atoms with van der Waals surface area (Å²) in [4.78, 5) is 22.7. The molecule has 1 radical (unpaired) electrons. The van der Waals surface area contributed by atoms with Gasteiger partial charge in [0.05, 0.1) is 0 Å². The SMILES string of the molecule is COC(=O)[C@H](C[Se][Se])NC(=O)OC(C)(C)C. The molecule has 1 atom stereocenters. The molecule has 0 aliphatic rings. The Kier molecular flexibility index (Phi) is 7.07. The predicted molar refractivity (Wildman–Crippen MR) is 61.5 cm³/mol. The second-order valence-corrected chi connectivity index (χ2v) is 7.77. The Morgan fingerprint density at radius 1 is 1.44 bits per heavy atom. The van der Waals surface area contributed by atoms with E-state index in [0.717, 1.165) is 0 Å². The molecule has 0 unspecified atom stereocenters. The first kappa shape index (κ1) is 15.8. The second-order valence-electron chi connectivity index (χ2n) is 4.01. The Labute approximate surface area is 109 Å². The number of rotatable bonds is 4. The number of esters is 1. The summed E-state index contributed by atoms with van der Waals surface area (Å²) in [6, 6.07) is -0.638. The number of carbonyl (C=O) groups excluding carboxylic acids is 2. The van der Waals surface area contributed by atoms with Crippen LogP contribution < -0.4 is 5.32 Å². The van der Waals surface area contributed by atoms with E-state index in [2.05, 4.69) is 24.2 Å². The minimum absolute atomic E-state index is 0.147. The summed E-state index contributed by atoms with van der Waals surface area (Å²) in [6.07, 6.45) is -0.604. The van der Waals surface area contributed by atoms with E-state index in [1.807, 2.05) is 0 Å². The molecule has 0 rings (SSSR count). The van der Waals surface area contributed by atoms with Crippen LogP contribution in [0.25, 0.3) is 0 Å². The van der Waals surface area contributed by atoms with Crippen LogP contribution in [-0.4, -0.2) is 58.1 Å². The van der Waals surface area contributed by atoms with Gasteiger partial charge in [0.2, 0.25) is 0 Å². The molecule has 0 aliphatic carbocycles. The van der Waals surface area contributed by atoms with Gasteiger partial charge in [0.15, 0.2) is 0 Å². The molecule has 0 aromatic heterocycles. The van der Waals surface area contributed by atoms with Crippen molar-refractivity contribution in [2.45, 2.75) is 37.7 Å². The molecule has 0 spiro atoms. The van der Waals surface area contributed by atoms with Gasteiger partial charge in [-0.05, 0) is 0 Å². The summed E-state index contributed by atoms with van der Waals surface area (Å²) in [7, 11) is 1.29. The van der Waals surface area contributed by atoms with Crippen molar-refractivity contribution in [2.24, 2.45) is 0 Å². The Balaban J connectivity index is 4.29. The van der Waals surface area contributed by atoms with Crippen LogP contribution in [0.15, 0.2) is 0 Å². The third-order valence-electron chi connectivity index (χ3n) is 1.41. The van der Waals surface area contributed by atoms with Crippen LogP contribution in [0.4, 0.5) is 4.79 Å². The van der Waals surface area contributed by atoms with E-state index in [1.165, 1.54) is 7.11 Å². The first-order chi connectivity index (χ1) is 7.30. The van der Waals surface area contributed by atoms with Crippen molar-refractivity contribution in [2.75, 3.05) is 7.11 Å². The summed E-state index contributed by atoms with van der Waals surface area (Å²) >= 11 is 2.98. The molecule has 0 fully saturated rings. The third kappa shape index (κ3) is 7.12. The predicted octanol–water partition coefficient (Wildman–Crippen LogP) is 0.259. The van der Waals surface area contributed by atoms with Crippen molar-refractivity contribution in [3.8, 4) is 0 Å². The number of hydrogen-bond donors (Lipinski definition) is 1. The van der Waals surface area contributed by atoms with Crippen molar-refractivity contribution in [1.82, 2.24) is 5.32 Å². The van der Waals surface area contributed by atoms with Crippen molar-refractivity contribution in [1.29, 1.82) is 0 Å². The number of carbonyl (C=O) groups is 2. The molecule has 5 nitrogen and oxygen atoms in total. The van der Waals surface area contributed by atoms with E-state index in [4.69, 9.17) is 4.74 Å². The molecule has 0 saturated carbocycles. The van der Waals surface area contributed by atoms with Gasteiger partial charge in [0, 0.05) is 0 Å². The fourth-order valence-electron chi connectivity index (χ4n) is 0.829. The fraction of sp³-hybridized carbons (Fsp3) is 0.778. The van der Waals surface area contributed by atoms with E-state index < -0.39 is 23.7 Å². The first-order valence-electron chi connectivity index (χ1n) is 4.62. The van der Waals surface area contributed by atoms with Crippen LogP contribution in [0.2, 0.25) is 5.32 Å². The Hall–Kier alpha value is -0.221. The van der Waals surface area contributed by atoms with E-state index >= 15 is 0 Å². The van der Waals surface area contributed by atoms with Crippen LogP contribution in [0.3, 0.4) is 0 Å². The second kappa shape index (κ2) is 7.17. The molecule has 0 aromatic carbocycles. The van der Waals surface area contributed by atoms with Crippen LogP contribution in [-0.2, 0) is 14.3 Å². The molecule has 16 heavy (non-hydrogen) atoms. The number of amides is 1. The quantitative estimate of drug-likeness (QED) is 0.577. The standard InChI is InChI=1S/C9H16NO4Se2/c1-9(2,3)14-8(12)10-6(5-16-15)7(11)13-4/h6H,5H2,1-4H3,(H,10,12)/t6-/m0/s1. The zero-order chi connectivity index (χ0) is 12.8. The number of ether oxygens (including phenoxy) is 2. The third-order valence-corrected chi connectivity index (χ3v) is 3.88. The molecule has 0 aromatic rings. The fourth-order valence-corrected chi connectivity index (χ4v) is 3.06. The van der Waals surface area contributed by atoms with E-state index in [1.54, 1.807) is 20.8 Å². The first-order valence-corrected chi connectivity index (χ1v) is 10.2. The average molecular weight is 360 g/mol. The summed E-state index contributed by atoms with van der Waals surface area (Å²) in [5, 5.41) is 3.03. The van der Waals surface area contributed by atoms with Crippen molar-refractivity contribution < 1.29 is 19.1 Å². The molecular formula is C9H16NO4Se2. The normalized spacial score (nSPS) is 12.8. The number of alkyl carbamates (subject to hydrolysis) is 1. The van der Waals surface area contributed by atoms with Crippen LogP contribution in [0, 0.1) is 0 Å². The molecule has 0 saturated heterocycles. The van der Waals surface area contributed by atoms with Gasteiger partial charge < -0.3 is 0 Å². The Morgan fingerprint density at radius 3 is 2.38 bits per heavy atom. The maximum absolute atomic E-state index is 11.4. The molecule has 0 aliphatic heterocycles. The summed E-state index contributed by atoms with van der Waals surface area (Å²) < 4.78 is 9.63. The molecular weight excluding hydrogens is 344 g/mol. The monoisotopic (exact) mass is 362 g/mol. The van der Waals surface area contributed by atoms with Gasteiger partial charge in [0.25, 0.3) is 0 Å². The van der Waals surface area contributed by atoms with Gasteiger partial charge in [-0.1, -0.05) is 0 Å². The Bertz CT molecular complexity index is 252. The number of hydrogen-bond acceptors (Lipinski definition) is 4. The van der Waals surface area contributed by atoms with Gasteiger partial charge in [-0.25, -0.2) is 0 Å². The Morgan fingerprint density at radius 2 is 2.00 bits per heavy atom. The van der Waals surface area contributed by atoms with Gasteiger partial charge >= 0.3 is 109 Å². The molecule has 0 heterocycles. The van der Waals surface area contributed by atoms with Gasteiger partial charge in [-0.3, -0.25) is 0 Å². The van der Waals surface area contributed by atoms with E-state index in [9.17, 15) is 9.59 Å². The topological polar surface area (TPSA) is 64.6 Å². The van der Waals surface area contributed by atoms with Crippen LogP contribution in [0.1, 0.15) is 20.8 Å². The summed E-state index contributed by atoms with van der Waals surface area (Å²) in [5.41, 5.74) is -0.575. The molecule has 7 heteroatoms. The van der Waals surface area contributed by atoms with Crippen LogP contribution >= 0.6 is 0 Å². The van der Waals surface area contributed by atoms with Gasteiger partial charge in [-0.2, -0.15) is 0 Å². The molecule has 1 N–H and O–H groups in total. The zero-order valence-electron chi connectivity index (χ0n) is 9.73. The maximum atomic E-state index is 11.4. The molecule has 0 bridgehead atoms. The number of methoxy groups -OCH3 is 1. The number of nitrogens with one attached hydrogen (secondary N) is 1. The average Bonchev–Trinajstić information content (AvgIpc) is 2.13. The van der Waals surface area contributed by atoms with Gasteiger partial charge in [0.1, 0.15) is 0 Å². The molecule has 1 amide bonds. The van der Waals surface area contributed by atoms with Crippen molar-refractivity contribution in [3.63, 3.8) is 0 Å². The van der Waals surface area contributed by atoms with E-state index in [-0.39, 0.29) is 13.1 Å². The van der Waals surface area contributed by atoms with E-state index in [0.29, 0.717) is 5.32 Å². The van der Waals surface area contributed by atoms with Crippen molar-refractivity contribution >= 4 is 39.4 Å². The van der Waals surface area contributed by atoms with Gasteiger partial charge in [-0.15, -0.1) is 0 Å². The van der Waals surface area contributed by atoms with Crippen LogP contribution in [0.5, 0.6) is 0 Å². The summed E-state index contributed by atoms with van der Waals surface area (Å²) in [5.74, 6) is -0.456.